The number of anilines is 3. The fourth-order valence-electron chi connectivity index (χ4n) is 7.52. The summed E-state index contributed by atoms with van der Waals surface area (Å²) in [5.74, 6) is 0. The molecule has 0 amide bonds. The van der Waals surface area contributed by atoms with Crippen LogP contribution in [-0.4, -0.2) is 0 Å². The molecule has 9 aromatic rings. The molecule has 0 saturated carbocycles. The molecule has 0 aliphatic heterocycles. The lowest BCUT2D eigenvalue weighted by molar-refractivity contribution is 1.28. The summed E-state index contributed by atoms with van der Waals surface area (Å²) in [6.45, 7) is 0. The third-order valence-electron chi connectivity index (χ3n) is 10.3. The van der Waals surface area contributed by atoms with Crippen molar-refractivity contribution in [3.8, 4) is 66.8 Å². The van der Waals surface area contributed by atoms with E-state index in [2.05, 4.69) is 241 Å². The lowest BCUT2D eigenvalue weighted by atomic mass is 9.89. The van der Waals surface area contributed by atoms with Gasteiger partial charge in [0.2, 0.25) is 0 Å². The molecule has 0 aromatic heterocycles. The van der Waals surface area contributed by atoms with Gasteiger partial charge < -0.3 is 4.90 Å². The van der Waals surface area contributed by atoms with Crippen molar-refractivity contribution in [2.75, 3.05) is 4.90 Å². The minimum Gasteiger partial charge on any atom is -0.311 e. The summed E-state index contributed by atoms with van der Waals surface area (Å²) in [5, 5.41) is 0. The van der Waals surface area contributed by atoms with Gasteiger partial charge in [-0.15, -0.1) is 0 Å². The van der Waals surface area contributed by atoms with Gasteiger partial charge in [0.15, 0.2) is 0 Å². The number of hydrogen-bond donors (Lipinski definition) is 0. The van der Waals surface area contributed by atoms with E-state index in [0.717, 1.165) is 17.1 Å². The molecule has 0 aliphatic carbocycles. The molecular formula is C54H39N. The maximum atomic E-state index is 2.34. The Balaban J connectivity index is 1.07. The van der Waals surface area contributed by atoms with Crippen molar-refractivity contribution in [1.29, 1.82) is 0 Å². The quantitative estimate of drug-likeness (QED) is 0.145. The summed E-state index contributed by atoms with van der Waals surface area (Å²) in [5.41, 5.74) is 17.8. The molecule has 0 radical (unpaired) electrons. The van der Waals surface area contributed by atoms with Crippen LogP contribution in [0.5, 0.6) is 0 Å². The Morgan fingerprint density at radius 1 is 0.164 bits per heavy atom. The third-order valence-corrected chi connectivity index (χ3v) is 10.3. The van der Waals surface area contributed by atoms with E-state index < -0.39 is 0 Å². The molecule has 0 heterocycles. The summed E-state index contributed by atoms with van der Waals surface area (Å²) >= 11 is 0. The number of nitrogens with zero attached hydrogens (tertiary/aromatic N) is 1. The molecule has 9 aromatic carbocycles. The van der Waals surface area contributed by atoms with Crippen molar-refractivity contribution >= 4 is 17.1 Å². The smallest absolute Gasteiger partial charge is 0.0462 e. The van der Waals surface area contributed by atoms with Crippen LogP contribution in [0.2, 0.25) is 0 Å². The van der Waals surface area contributed by atoms with E-state index in [1.807, 2.05) is 0 Å². The Kier molecular flexibility index (Phi) is 9.41. The Morgan fingerprint density at radius 3 is 0.727 bits per heavy atom. The first-order chi connectivity index (χ1) is 27.3. The monoisotopic (exact) mass is 701 g/mol. The first-order valence-corrected chi connectivity index (χ1v) is 18.8. The molecule has 0 saturated heterocycles. The number of rotatable bonds is 9. The van der Waals surface area contributed by atoms with Gasteiger partial charge in [0.1, 0.15) is 0 Å². The second-order valence-corrected chi connectivity index (χ2v) is 13.7. The summed E-state index contributed by atoms with van der Waals surface area (Å²) in [4.78, 5) is 2.34. The fraction of sp³-hybridized carbons (Fsp3) is 0. The van der Waals surface area contributed by atoms with Crippen molar-refractivity contribution < 1.29 is 0 Å². The largest absolute Gasteiger partial charge is 0.311 e. The molecule has 9 rings (SSSR count). The zero-order valence-corrected chi connectivity index (χ0v) is 30.5. The molecule has 0 fully saturated rings. The minimum atomic E-state index is 1.10. The van der Waals surface area contributed by atoms with Crippen LogP contribution in [0.3, 0.4) is 0 Å². The Hall–Kier alpha value is -7.22. The zero-order valence-electron chi connectivity index (χ0n) is 30.5. The van der Waals surface area contributed by atoms with Crippen LogP contribution < -0.4 is 4.90 Å². The highest BCUT2D eigenvalue weighted by Crippen LogP contribution is 2.41. The molecule has 260 valence electrons. The van der Waals surface area contributed by atoms with Crippen molar-refractivity contribution in [2.24, 2.45) is 0 Å². The van der Waals surface area contributed by atoms with Crippen LogP contribution in [0.25, 0.3) is 66.8 Å². The van der Waals surface area contributed by atoms with Gasteiger partial charge in [0.05, 0.1) is 0 Å². The van der Waals surface area contributed by atoms with Crippen LogP contribution >= 0.6 is 0 Å². The van der Waals surface area contributed by atoms with E-state index in [-0.39, 0.29) is 0 Å². The lowest BCUT2D eigenvalue weighted by Gasteiger charge is -2.26. The topological polar surface area (TPSA) is 3.24 Å². The van der Waals surface area contributed by atoms with E-state index >= 15 is 0 Å². The molecular weight excluding hydrogens is 663 g/mol. The summed E-state index contributed by atoms with van der Waals surface area (Å²) in [7, 11) is 0. The van der Waals surface area contributed by atoms with Crippen LogP contribution in [0.15, 0.2) is 237 Å². The summed E-state index contributed by atoms with van der Waals surface area (Å²) < 4.78 is 0. The molecule has 0 unspecified atom stereocenters. The average molecular weight is 702 g/mol. The van der Waals surface area contributed by atoms with Gasteiger partial charge in [-0.25, -0.2) is 0 Å². The molecule has 0 N–H and O–H groups in total. The zero-order chi connectivity index (χ0) is 36.8. The highest BCUT2D eigenvalue weighted by molar-refractivity contribution is 5.92. The normalized spacial score (nSPS) is 10.9. The SMILES string of the molecule is c1ccc(-c2ccc(-c3ccc(N(c4ccc(-c5ccccc5)cc4)c4ccc(-c5ccccc5-c5ccccc5-c5ccccc5)cc4)cc3)cc2)cc1. The Morgan fingerprint density at radius 2 is 0.382 bits per heavy atom. The predicted octanol–water partition coefficient (Wildman–Crippen LogP) is 15.2. The second kappa shape index (κ2) is 15.4. The molecule has 0 bridgehead atoms. The maximum Gasteiger partial charge on any atom is 0.0462 e. The van der Waals surface area contributed by atoms with Crippen LogP contribution in [0.1, 0.15) is 0 Å². The van der Waals surface area contributed by atoms with Crippen LogP contribution in [-0.2, 0) is 0 Å². The van der Waals surface area contributed by atoms with Crippen LogP contribution in [0.4, 0.5) is 17.1 Å². The average Bonchev–Trinajstić information content (AvgIpc) is 3.28. The highest BCUT2D eigenvalue weighted by Gasteiger charge is 2.16. The van der Waals surface area contributed by atoms with Crippen molar-refractivity contribution in [2.45, 2.75) is 0 Å². The third kappa shape index (κ3) is 7.12. The fourth-order valence-corrected chi connectivity index (χ4v) is 7.52. The Bertz CT molecular complexity index is 2630. The number of hydrogen-bond acceptors (Lipinski definition) is 1. The number of benzene rings is 9. The molecule has 55 heavy (non-hydrogen) atoms. The predicted molar refractivity (Wildman–Crippen MR) is 234 cm³/mol. The molecule has 0 atom stereocenters. The first kappa shape index (κ1) is 33.6. The minimum absolute atomic E-state index is 1.10. The molecule has 1 heteroatoms. The lowest BCUT2D eigenvalue weighted by Crippen LogP contribution is -2.09. The van der Waals surface area contributed by atoms with E-state index in [9.17, 15) is 0 Å². The maximum absolute atomic E-state index is 2.34. The Labute approximate surface area is 324 Å². The first-order valence-electron chi connectivity index (χ1n) is 18.8. The van der Waals surface area contributed by atoms with E-state index in [4.69, 9.17) is 0 Å². The molecule has 0 aliphatic rings. The van der Waals surface area contributed by atoms with Gasteiger partial charge in [-0.1, -0.05) is 200 Å². The van der Waals surface area contributed by atoms with Gasteiger partial charge in [0.25, 0.3) is 0 Å². The van der Waals surface area contributed by atoms with Gasteiger partial charge in [0, 0.05) is 17.1 Å². The summed E-state index contributed by atoms with van der Waals surface area (Å²) in [6, 6.07) is 84.9. The van der Waals surface area contributed by atoms with Gasteiger partial charge in [-0.3, -0.25) is 0 Å². The summed E-state index contributed by atoms with van der Waals surface area (Å²) in [6.07, 6.45) is 0. The van der Waals surface area contributed by atoms with Gasteiger partial charge in [-0.2, -0.15) is 0 Å². The highest BCUT2D eigenvalue weighted by atomic mass is 15.1. The van der Waals surface area contributed by atoms with Crippen molar-refractivity contribution in [3.05, 3.63) is 237 Å². The molecule has 0 spiro atoms. The van der Waals surface area contributed by atoms with Gasteiger partial charge >= 0.3 is 0 Å². The van der Waals surface area contributed by atoms with Crippen molar-refractivity contribution in [3.63, 3.8) is 0 Å². The van der Waals surface area contributed by atoms with Gasteiger partial charge in [-0.05, 0) is 103 Å². The standard InChI is InChI=1S/C54H39N/c1-4-14-40(15-5-1)42-24-26-43(27-25-42)45-30-36-49(37-31-45)55(48-34-28-44(29-35-48)41-16-6-2-7-17-41)50-38-32-47(33-39-50)52-21-11-13-23-54(52)53-22-12-10-20-51(53)46-18-8-3-9-19-46/h1-39H. The van der Waals surface area contributed by atoms with E-state index in [0.29, 0.717) is 0 Å². The van der Waals surface area contributed by atoms with Crippen molar-refractivity contribution in [1.82, 2.24) is 0 Å². The molecule has 1 nitrogen and oxygen atoms in total. The van der Waals surface area contributed by atoms with Crippen LogP contribution in [0, 0.1) is 0 Å². The second-order valence-electron chi connectivity index (χ2n) is 13.7. The van der Waals surface area contributed by atoms with E-state index in [1.165, 1.54) is 66.8 Å². The van der Waals surface area contributed by atoms with E-state index in [1.54, 1.807) is 0 Å².